The molecule has 0 fully saturated rings. The van der Waals surface area contributed by atoms with Crippen molar-refractivity contribution in [2.45, 2.75) is 102 Å². The summed E-state index contributed by atoms with van der Waals surface area (Å²) in [5, 5.41) is 0. The highest BCUT2D eigenvalue weighted by Gasteiger charge is 2.20. The molecule has 0 saturated heterocycles. The van der Waals surface area contributed by atoms with E-state index in [1.807, 2.05) is 39.0 Å². The van der Waals surface area contributed by atoms with Gasteiger partial charge in [-0.25, -0.2) is 24.4 Å². The van der Waals surface area contributed by atoms with Crippen molar-refractivity contribution in [3.8, 4) is 0 Å². The molecule has 0 saturated carbocycles. The van der Waals surface area contributed by atoms with E-state index in [2.05, 4.69) is 100 Å². The van der Waals surface area contributed by atoms with E-state index in [0.717, 1.165) is 18.4 Å². The van der Waals surface area contributed by atoms with E-state index in [9.17, 15) is 0 Å². The molecule has 1 aliphatic carbocycles. The number of allylic oxidation sites excluding steroid dienone is 16. The van der Waals surface area contributed by atoms with E-state index in [1.165, 1.54) is 62.3 Å². The zero-order valence-corrected chi connectivity index (χ0v) is 32.4. The van der Waals surface area contributed by atoms with Crippen LogP contribution in [0.4, 0.5) is 4.39 Å². The number of rotatable bonds is 8. The minimum Gasteiger partial charge on any atom is -0.238 e. The molecule has 6 heteroatoms. The van der Waals surface area contributed by atoms with Crippen molar-refractivity contribution in [2.75, 3.05) is 0 Å². The van der Waals surface area contributed by atoms with Crippen LogP contribution in [0.2, 0.25) is 0 Å². The third kappa shape index (κ3) is 12.6. The molecule has 0 bridgehead atoms. The van der Waals surface area contributed by atoms with Gasteiger partial charge in [0.05, 0.1) is 0 Å². The summed E-state index contributed by atoms with van der Waals surface area (Å²) >= 11 is 0. The number of benzene rings is 1. The highest BCUT2D eigenvalue weighted by Crippen LogP contribution is 2.38. The average Bonchev–Trinajstić information content (AvgIpc) is 3.05. The molecule has 0 spiro atoms. The molecule has 0 aromatic heterocycles. The zero-order chi connectivity index (χ0) is 37.4. The number of amidine groups is 2. The SMILES string of the molecule is C=C\C=C/C(C)=C(C)/C(C)=C(C)/C=C\C=N\C1=NC(C)=NC(CC2=CCCC(C)=C2c2c(C)cccc2C)=N/C(C)=C/C(F)=C\C(C)=N\1.CC. The quantitative estimate of drug-likeness (QED) is 0.195. The topological polar surface area (TPSA) is 61.8 Å². The molecule has 1 heterocycles. The molecule has 0 unspecified atom stereocenters. The van der Waals surface area contributed by atoms with Crippen LogP contribution in [0.15, 0.2) is 143 Å². The Morgan fingerprint density at radius 2 is 1.46 bits per heavy atom. The van der Waals surface area contributed by atoms with Gasteiger partial charge >= 0.3 is 0 Å². The fraction of sp³-hybridized carbons (Fsp3) is 0.341. The summed E-state index contributed by atoms with van der Waals surface area (Å²) in [6, 6.07) is 6.40. The van der Waals surface area contributed by atoms with Gasteiger partial charge in [-0.15, -0.1) is 0 Å². The van der Waals surface area contributed by atoms with E-state index in [0.29, 0.717) is 29.5 Å². The maximum Gasteiger partial charge on any atom is 0.251 e. The number of hydrogen-bond donors (Lipinski definition) is 0. The number of nitrogens with zero attached hydrogens (tertiary/aromatic N) is 5. The van der Waals surface area contributed by atoms with Gasteiger partial charge < -0.3 is 0 Å². The van der Waals surface area contributed by atoms with Gasteiger partial charge in [-0.3, -0.25) is 0 Å². The first-order valence-corrected chi connectivity index (χ1v) is 17.4. The van der Waals surface area contributed by atoms with Crippen molar-refractivity contribution in [2.24, 2.45) is 25.0 Å². The maximum atomic E-state index is 15.0. The summed E-state index contributed by atoms with van der Waals surface area (Å²) in [6.07, 6.45) is 18.7. The highest BCUT2D eigenvalue weighted by atomic mass is 19.1. The molecule has 264 valence electrons. The smallest absolute Gasteiger partial charge is 0.238 e. The largest absolute Gasteiger partial charge is 0.251 e. The summed E-state index contributed by atoms with van der Waals surface area (Å²) in [5.41, 5.74) is 13.1. The van der Waals surface area contributed by atoms with Crippen molar-refractivity contribution >= 4 is 35.1 Å². The lowest BCUT2D eigenvalue weighted by Gasteiger charge is -2.24. The summed E-state index contributed by atoms with van der Waals surface area (Å²) in [7, 11) is 0. The van der Waals surface area contributed by atoms with Gasteiger partial charge in [0.1, 0.15) is 17.5 Å². The lowest BCUT2D eigenvalue weighted by Crippen LogP contribution is -2.09. The van der Waals surface area contributed by atoms with Crippen LogP contribution in [-0.2, 0) is 0 Å². The molecule has 2 aliphatic rings. The van der Waals surface area contributed by atoms with Crippen LogP contribution in [0.3, 0.4) is 0 Å². The predicted molar refractivity (Wildman–Crippen MR) is 220 cm³/mol. The molecule has 5 nitrogen and oxygen atoms in total. The molecule has 1 aliphatic heterocycles. The summed E-state index contributed by atoms with van der Waals surface area (Å²) < 4.78 is 15.0. The van der Waals surface area contributed by atoms with E-state index in [1.54, 1.807) is 26.1 Å². The second kappa shape index (κ2) is 20.6. The molecule has 0 amide bonds. The van der Waals surface area contributed by atoms with Crippen LogP contribution >= 0.6 is 0 Å². The van der Waals surface area contributed by atoms with Crippen molar-refractivity contribution in [1.82, 2.24) is 0 Å². The summed E-state index contributed by atoms with van der Waals surface area (Å²) in [5.74, 6) is 0.723. The Bertz CT molecular complexity index is 1820. The number of hydrogen-bond acceptors (Lipinski definition) is 5. The lowest BCUT2D eigenvalue weighted by atomic mass is 9.82. The fourth-order valence-electron chi connectivity index (χ4n) is 5.64. The van der Waals surface area contributed by atoms with Gasteiger partial charge in [0.15, 0.2) is 0 Å². The van der Waals surface area contributed by atoms with Gasteiger partial charge in [0, 0.05) is 24.0 Å². The Balaban J connectivity index is 0.00000425. The monoisotopic (exact) mass is 673 g/mol. The van der Waals surface area contributed by atoms with Gasteiger partial charge in [0.25, 0.3) is 5.96 Å². The second-order valence-corrected chi connectivity index (χ2v) is 12.4. The number of aryl methyl sites for hydroxylation is 2. The third-order valence-corrected chi connectivity index (χ3v) is 8.42. The van der Waals surface area contributed by atoms with Gasteiger partial charge in [-0.1, -0.05) is 74.6 Å². The first-order valence-electron chi connectivity index (χ1n) is 17.4. The Labute approximate surface area is 301 Å². The number of halogens is 1. The van der Waals surface area contributed by atoms with Crippen molar-refractivity contribution in [1.29, 1.82) is 0 Å². The highest BCUT2D eigenvalue weighted by molar-refractivity contribution is 6.09. The zero-order valence-electron chi connectivity index (χ0n) is 32.4. The Morgan fingerprint density at radius 3 is 2.08 bits per heavy atom. The van der Waals surface area contributed by atoms with Crippen LogP contribution in [0.25, 0.3) is 5.57 Å². The lowest BCUT2D eigenvalue weighted by molar-refractivity contribution is 0.666. The molecule has 0 radical (unpaired) electrons. The minimum absolute atomic E-state index is 0.173. The van der Waals surface area contributed by atoms with Crippen molar-refractivity contribution in [3.05, 3.63) is 135 Å². The number of guanidine groups is 1. The Kier molecular flexibility index (Phi) is 17.0. The van der Waals surface area contributed by atoms with Crippen molar-refractivity contribution in [3.63, 3.8) is 0 Å². The maximum absolute atomic E-state index is 15.0. The fourth-order valence-corrected chi connectivity index (χ4v) is 5.64. The molecule has 1 aromatic rings. The van der Waals surface area contributed by atoms with Crippen LogP contribution in [0, 0.1) is 13.8 Å². The first kappa shape index (κ1) is 41.3. The molecule has 50 heavy (non-hydrogen) atoms. The summed E-state index contributed by atoms with van der Waals surface area (Å²) in [4.78, 5) is 23.3. The van der Waals surface area contributed by atoms with E-state index < -0.39 is 5.83 Å². The molecule has 0 atom stereocenters. The van der Waals surface area contributed by atoms with E-state index >= 15 is 4.39 Å². The third-order valence-electron chi connectivity index (χ3n) is 8.42. The molecular weight excluding hydrogens is 618 g/mol. The second-order valence-electron chi connectivity index (χ2n) is 12.4. The van der Waals surface area contributed by atoms with E-state index in [-0.39, 0.29) is 5.96 Å². The predicted octanol–water partition coefficient (Wildman–Crippen LogP) is 12.7. The normalized spacial score (nSPS) is 20.4. The van der Waals surface area contributed by atoms with Gasteiger partial charge in [-0.05, 0) is 150 Å². The average molecular weight is 674 g/mol. The Morgan fingerprint density at radius 1 is 0.840 bits per heavy atom. The summed E-state index contributed by atoms with van der Waals surface area (Å²) in [6.45, 7) is 27.9. The van der Waals surface area contributed by atoms with Crippen LogP contribution in [0.1, 0.15) is 105 Å². The molecule has 0 N–H and O–H groups in total. The van der Waals surface area contributed by atoms with E-state index in [4.69, 9.17) is 9.98 Å². The van der Waals surface area contributed by atoms with Gasteiger partial charge in [-0.2, -0.15) is 4.99 Å². The van der Waals surface area contributed by atoms with Crippen LogP contribution in [0.5, 0.6) is 0 Å². The first-order chi connectivity index (χ1) is 23.8. The Hall–Kier alpha value is -4.84. The van der Waals surface area contributed by atoms with Crippen molar-refractivity contribution < 1.29 is 4.39 Å². The minimum atomic E-state index is -0.455. The molecular formula is C44H56FN5. The molecule has 1 aromatic carbocycles. The van der Waals surface area contributed by atoms with Crippen LogP contribution in [-0.4, -0.2) is 29.6 Å². The molecule has 3 rings (SSSR count). The standard InChI is InChI=1S/C42H50FN5.C2H6/c1-12-13-17-27(2)34(9)35(10)28(3)21-16-23-44-42-46-33(8)25-38(43)24-32(7)45-39(47-36(11)48-42)26-37-22-15-20-31(6)41(37)40-29(4)18-14-19-30(40)5;1-2/h12-14,16-19,21-25H,1,15,20,26H2,2-11H3;1-2H3/b17-13-,21-16-,32-24+,33-25?,34-27+,35-28+,38-24?,38-25+,44-23+,45-32?,45-39?,46-33+,46-42?,47-36?,47-39?,48-36?,48-42?;. The number of aliphatic imine (C=N–C) groups is 5. The van der Waals surface area contributed by atoms with Crippen LogP contribution < -0.4 is 0 Å². The van der Waals surface area contributed by atoms with Gasteiger partial charge in [0.2, 0.25) is 0 Å².